The summed E-state index contributed by atoms with van der Waals surface area (Å²) in [5.74, 6) is -0.0163. The molecule has 0 saturated heterocycles. The molecule has 0 aliphatic carbocycles. The van der Waals surface area contributed by atoms with Crippen molar-refractivity contribution in [2.24, 2.45) is 0 Å². The molecule has 0 aromatic rings. The van der Waals surface area contributed by atoms with Gasteiger partial charge in [0, 0.05) is 12.8 Å². The number of hydrogen-bond acceptors (Lipinski definition) is 5. The lowest BCUT2D eigenvalue weighted by Crippen LogP contribution is -2.45. The van der Waals surface area contributed by atoms with Crippen molar-refractivity contribution in [2.45, 2.75) is 463 Å². The number of aliphatic hydroxyl groups is 2. The SMILES string of the molecule is CCC/C=C\C/C=C\CCCCCCCC(=O)OCCCCCCCCCCCCCCCCCCCCCCCCCCCCCCCCCCCCCC(=O)NC(CO)C(O)CCCCCCCCCCCCCCCCCCCCCCC. The van der Waals surface area contributed by atoms with Crippen LogP contribution >= 0.6 is 0 Å². The Morgan fingerprint density at radius 1 is 0.326 bits per heavy atom. The summed E-state index contributed by atoms with van der Waals surface area (Å²) in [5.41, 5.74) is 0. The van der Waals surface area contributed by atoms with Gasteiger partial charge in [-0.3, -0.25) is 9.59 Å². The highest BCUT2D eigenvalue weighted by Gasteiger charge is 2.20. The number of nitrogens with one attached hydrogen (secondary N) is 1. The van der Waals surface area contributed by atoms with Crippen LogP contribution in [-0.4, -0.2) is 47.4 Å². The molecule has 6 nitrogen and oxygen atoms in total. The number of esters is 1. The minimum absolute atomic E-state index is 0.00796. The highest BCUT2D eigenvalue weighted by atomic mass is 16.5. The normalized spacial score (nSPS) is 12.6. The van der Waals surface area contributed by atoms with E-state index in [2.05, 4.69) is 43.5 Å². The molecule has 6 heteroatoms. The largest absolute Gasteiger partial charge is 0.466 e. The molecule has 0 aliphatic rings. The van der Waals surface area contributed by atoms with Crippen molar-refractivity contribution >= 4 is 11.9 Å². The first-order valence-electron chi connectivity index (χ1n) is 39.6. The summed E-state index contributed by atoms with van der Waals surface area (Å²) in [7, 11) is 0. The molecule has 0 fully saturated rings. The summed E-state index contributed by atoms with van der Waals surface area (Å²) < 4.78 is 5.48. The molecule has 0 aromatic carbocycles. The van der Waals surface area contributed by atoms with Gasteiger partial charge in [-0.1, -0.05) is 411 Å². The number of amides is 1. The highest BCUT2D eigenvalue weighted by molar-refractivity contribution is 5.76. The molecular formula is C80H155NO5. The minimum atomic E-state index is -0.661. The number of hydrogen-bond donors (Lipinski definition) is 3. The van der Waals surface area contributed by atoms with E-state index in [-0.39, 0.29) is 18.5 Å². The second-order valence-corrected chi connectivity index (χ2v) is 27.4. The molecule has 1 amide bonds. The second kappa shape index (κ2) is 75.8. The zero-order chi connectivity index (χ0) is 62.0. The fourth-order valence-corrected chi connectivity index (χ4v) is 12.7. The first kappa shape index (κ1) is 84.3. The average molecular weight is 1210 g/mol. The lowest BCUT2D eigenvalue weighted by Gasteiger charge is -2.22. The molecule has 0 aliphatic heterocycles. The van der Waals surface area contributed by atoms with Gasteiger partial charge in [-0.15, -0.1) is 0 Å². The van der Waals surface area contributed by atoms with E-state index in [4.69, 9.17) is 4.74 Å². The third-order valence-electron chi connectivity index (χ3n) is 18.7. The van der Waals surface area contributed by atoms with Crippen molar-refractivity contribution in [1.29, 1.82) is 0 Å². The number of rotatable bonds is 75. The van der Waals surface area contributed by atoms with Gasteiger partial charge in [0.1, 0.15) is 0 Å². The Bertz CT molecular complexity index is 1350. The lowest BCUT2D eigenvalue weighted by atomic mass is 10.0. The highest BCUT2D eigenvalue weighted by Crippen LogP contribution is 2.20. The molecule has 2 unspecified atom stereocenters. The van der Waals surface area contributed by atoms with E-state index in [0.29, 0.717) is 25.9 Å². The molecule has 510 valence electrons. The number of allylic oxidation sites excluding steroid dienone is 4. The van der Waals surface area contributed by atoms with Crippen molar-refractivity contribution < 1.29 is 24.5 Å². The van der Waals surface area contributed by atoms with Crippen LogP contribution in [0.3, 0.4) is 0 Å². The van der Waals surface area contributed by atoms with Crippen molar-refractivity contribution in [3.05, 3.63) is 24.3 Å². The van der Waals surface area contributed by atoms with Crippen LogP contribution in [0.2, 0.25) is 0 Å². The molecule has 86 heavy (non-hydrogen) atoms. The molecule has 0 spiro atoms. The van der Waals surface area contributed by atoms with Gasteiger partial charge >= 0.3 is 5.97 Å². The van der Waals surface area contributed by atoms with Gasteiger partial charge in [0.2, 0.25) is 5.91 Å². The van der Waals surface area contributed by atoms with Gasteiger partial charge in [0.15, 0.2) is 0 Å². The fourth-order valence-electron chi connectivity index (χ4n) is 12.7. The van der Waals surface area contributed by atoms with Crippen LogP contribution < -0.4 is 5.32 Å². The third-order valence-corrected chi connectivity index (χ3v) is 18.7. The van der Waals surface area contributed by atoms with Crippen LogP contribution in [-0.2, 0) is 14.3 Å². The maximum Gasteiger partial charge on any atom is 0.305 e. The van der Waals surface area contributed by atoms with Crippen LogP contribution in [0, 0.1) is 0 Å². The fraction of sp³-hybridized carbons (Fsp3) is 0.925. The molecule has 0 radical (unpaired) electrons. The van der Waals surface area contributed by atoms with Gasteiger partial charge in [0.05, 0.1) is 25.4 Å². The Kier molecular flexibility index (Phi) is 74.3. The maximum absolute atomic E-state index is 12.6. The average Bonchev–Trinajstić information content (AvgIpc) is 3.55. The Labute approximate surface area is 539 Å². The summed E-state index contributed by atoms with van der Waals surface area (Å²) >= 11 is 0. The summed E-state index contributed by atoms with van der Waals surface area (Å²) in [6.07, 6.45) is 97.1. The zero-order valence-corrected chi connectivity index (χ0v) is 58.6. The topological polar surface area (TPSA) is 95.9 Å². The minimum Gasteiger partial charge on any atom is -0.466 e. The van der Waals surface area contributed by atoms with E-state index in [0.717, 1.165) is 51.4 Å². The first-order valence-corrected chi connectivity index (χ1v) is 39.6. The van der Waals surface area contributed by atoms with Crippen LogP contribution in [0.5, 0.6) is 0 Å². The van der Waals surface area contributed by atoms with Gasteiger partial charge in [0.25, 0.3) is 0 Å². The first-order chi connectivity index (χ1) is 42.5. The molecule has 0 heterocycles. The summed E-state index contributed by atoms with van der Waals surface area (Å²) in [6, 6.07) is -0.538. The van der Waals surface area contributed by atoms with E-state index >= 15 is 0 Å². The molecule has 0 aromatic heterocycles. The Hall–Kier alpha value is -1.66. The van der Waals surface area contributed by atoms with E-state index in [1.165, 1.54) is 366 Å². The van der Waals surface area contributed by atoms with E-state index in [9.17, 15) is 19.8 Å². The third kappa shape index (κ3) is 71.4. The molecular weight excluding hydrogens is 1050 g/mol. The summed E-state index contributed by atoms with van der Waals surface area (Å²) in [6.45, 7) is 4.93. The van der Waals surface area contributed by atoms with Crippen molar-refractivity contribution in [1.82, 2.24) is 5.32 Å². The van der Waals surface area contributed by atoms with Gasteiger partial charge in [-0.25, -0.2) is 0 Å². The van der Waals surface area contributed by atoms with Crippen LogP contribution in [0.15, 0.2) is 24.3 Å². The molecule has 0 saturated carbocycles. The summed E-state index contributed by atoms with van der Waals surface area (Å²) in [5, 5.41) is 23.5. The number of aliphatic hydroxyl groups excluding tert-OH is 2. The predicted octanol–water partition coefficient (Wildman–Crippen LogP) is 26.0. The van der Waals surface area contributed by atoms with Crippen molar-refractivity contribution in [3.63, 3.8) is 0 Å². The van der Waals surface area contributed by atoms with Crippen LogP contribution in [0.4, 0.5) is 0 Å². The van der Waals surface area contributed by atoms with E-state index in [1.807, 2.05) is 0 Å². The molecule has 0 rings (SSSR count). The zero-order valence-electron chi connectivity index (χ0n) is 58.6. The molecule has 3 N–H and O–H groups in total. The Balaban J connectivity index is 3.31. The quantitative estimate of drug-likeness (QED) is 0.0320. The number of unbranched alkanes of at least 4 members (excludes halogenated alkanes) is 60. The molecule has 2 atom stereocenters. The Morgan fingerprint density at radius 2 is 0.605 bits per heavy atom. The van der Waals surface area contributed by atoms with Crippen LogP contribution in [0.25, 0.3) is 0 Å². The maximum atomic E-state index is 12.6. The standard InChI is InChI=1S/C80H155NO5/c1-3-5-7-9-11-13-15-17-18-19-20-36-39-42-45-49-52-56-60-64-68-72-78(83)77(76-82)81-79(84)73-69-65-61-57-53-50-46-43-40-37-34-32-30-28-26-24-22-21-23-25-27-29-31-33-35-38-41-44-47-51-55-59-63-67-71-75-86-80(85)74-70-66-62-58-54-48-16-14-12-10-8-6-4-2/h8,10,14,16,77-78,82-83H,3-7,9,11-13,15,17-76H2,1-2H3,(H,81,84)/b10-8-,16-14-. The van der Waals surface area contributed by atoms with E-state index < -0.39 is 12.1 Å². The molecule has 0 bridgehead atoms. The van der Waals surface area contributed by atoms with Gasteiger partial charge in [-0.05, 0) is 51.4 Å². The second-order valence-electron chi connectivity index (χ2n) is 27.4. The Morgan fingerprint density at radius 3 is 0.930 bits per heavy atom. The predicted molar refractivity (Wildman–Crippen MR) is 380 cm³/mol. The van der Waals surface area contributed by atoms with Crippen molar-refractivity contribution in [3.8, 4) is 0 Å². The number of carbonyl (C=O) groups excluding carboxylic acids is 2. The van der Waals surface area contributed by atoms with Crippen molar-refractivity contribution in [2.75, 3.05) is 13.2 Å². The number of ether oxygens (including phenoxy) is 1. The van der Waals surface area contributed by atoms with Gasteiger partial charge < -0.3 is 20.3 Å². The monoisotopic (exact) mass is 1210 g/mol. The number of carbonyl (C=O) groups is 2. The smallest absolute Gasteiger partial charge is 0.305 e. The van der Waals surface area contributed by atoms with Gasteiger partial charge in [-0.2, -0.15) is 0 Å². The lowest BCUT2D eigenvalue weighted by molar-refractivity contribution is -0.143. The van der Waals surface area contributed by atoms with E-state index in [1.54, 1.807) is 0 Å². The van der Waals surface area contributed by atoms with Crippen LogP contribution in [0.1, 0.15) is 450 Å². The summed E-state index contributed by atoms with van der Waals surface area (Å²) in [4.78, 5) is 24.6.